The van der Waals surface area contributed by atoms with E-state index in [-0.39, 0.29) is 6.42 Å². The van der Waals surface area contributed by atoms with Crippen LogP contribution in [0.25, 0.3) is 0 Å². The van der Waals surface area contributed by atoms with Gasteiger partial charge in [0.15, 0.2) is 0 Å². The number of carboxylic acid groups (broad SMARTS) is 1. The molecule has 0 aromatic rings. The first-order valence-corrected chi connectivity index (χ1v) is 8.42. The van der Waals surface area contributed by atoms with Crippen LogP contribution in [0.5, 0.6) is 0 Å². The highest BCUT2D eigenvalue weighted by molar-refractivity contribution is 5.67. The summed E-state index contributed by atoms with van der Waals surface area (Å²) in [6, 6.07) is 0. The summed E-state index contributed by atoms with van der Waals surface area (Å²) in [5.41, 5.74) is -1.04. The summed E-state index contributed by atoms with van der Waals surface area (Å²) in [6.45, 7) is 3.87. The Balaban J connectivity index is 3.26. The zero-order valence-electron chi connectivity index (χ0n) is 13.5. The third kappa shape index (κ3) is 13.9. The van der Waals surface area contributed by atoms with Gasteiger partial charge in [-0.2, -0.15) is 0 Å². The fourth-order valence-corrected chi connectivity index (χ4v) is 2.58. The van der Waals surface area contributed by atoms with Crippen LogP contribution in [0.3, 0.4) is 0 Å². The molecule has 0 fully saturated rings. The minimum Gasteiger partial charge on any atom is -0.481 e. The van der Waals surface area contributed by atoms with Gasteiger partial charge in [-0.15, -0.1) is 0 Å². The topological polar surface area (TPSA) is 57.5 Å². The summed E-state index contributed by atoms with van der Waals surface area (Å²) in [7, 11) is 0. The second-order valence-electron chi connectivity index (χ2n) is 6.35. The van der Waals surface area contributed by atoms with Gasteiger partial charge in [-0.25, -0.2) is 0 Å². The maximum Gasteiger partial charge on any atom is 0.306 e. The van der Waals surface area contributed by atoms with Crippen molar-refractivity contribution in [1.29, 1.82) is 0 Å². The average molecular weight is 286 g/mol. The third-order valence-corrected chi connectivity index (χ3v) is 3.85. The van der Waals surface area contributed by atoms with Gasteiger partial charge in [-0.05, 0) is 13.3 Å². The molecule has 0 saturated carbocycles. The van der Waals surface area contributed by atoms with Gasteiger partial charge in [0.05, 0.1) is 12.0 Å². The Morgan fingerprint density at radius 2 is 1.25 bits per heavy atom. The lowest BCUT2D eigenvalue weighted by atomic mass is 9.94. The summed E-state index contributed by atoms with van der Waals surface area (Å²) in [6.07, 6.45) is 14.4. The Kier molecular flexibility index (Phi) is 11.8. The summed E-state index contributed by atoms with van der Waals surface area (Å²) in [4.78, 5) is 10.6. The Morgan fingerprint density at radius 3 is 1.65 bits per heavy atom. The second kappa shape index (κ2) is 12.2. The monoisotopic (exact) mass is 286 g/mol. The number of aliphatic hydroxyl groups is 1. The quantitative estimate of drug-likeness (QED) is 0.446. The van der Waals surface area contributed by atoms with E-state index in [1.165, 1.54) is 57.8 Å². The molecular formula is C17H34O3. The van der Waals surface area contributed by atoms with E-state index in [0.29, 0.717) is 6.42 Å². The van der Waals surface area contributed by atoms with Gasteiger partial charge in [-0.1, -0.05) is 77.6 Å². The van der Waals surface area contributed by atoms with E-state index in [2.05, 4.69) is 6.92 Å². The minimum absolute atomic E-state index is 0.148. The van der Waals surface area contributed by atoms with E-state index >= 15 is 0 Å². The molecule has 0 saturated heterocycles. The van der Waals surface area contributed by atoms with Crippen molar-refractivity contribution in [3.8, 4) is 0 Å². The van der Waals surface area contributed by atoms with Crippen LogP contribution < -0.4 is 0 Å². The van der Waals surface area contributed by atoms with Crippen molar-refractivity contribution in [1.82, 2.24) is 0 Å². The first-order valence-electron chi connectivity index (χ1n) is 8.42. The number of rotatable bonds is 14. The number of carbonyl (C=O) groups is 1. The molecule has 0 spiro atoms. The van der Waals surface area contributed by atoms with Crippen LogP contribution in [-0.4, -0.2) is 21.8 Å². The molecule has 0 aromatic heterocycles. The molecule has 0 bridgehead atoms. The van der Waals surface area contributed by atoms with Crippen molar-refractivity contribution in [2.45, 2.75) is 103 Å². The minimum atomic E-state index is -1.04. The lowest BCUT2D eigenvalue weighted by Gasteiger charge is -2.20. The number of hydrogen-bond donors (Lipinski definition) is 2. The van der Waals surface area contributed by atoms with Crippen molar-refractivity contribution in [2.24, 2.45) is 0 Å². The Bertz CT molecular complexity index is 236. The molecule has 0 heterocycles. The van der Waals surface area contributed by atoms with Crippen molar-refractivity contribution in [3.63, 3.8) is 0 Å². The molecule has 0 radical (unpaired) electrons. The summed E-state index contributed by atoms with van der Waals surface area (Å²) in [5.74, 6) is -0.918. The number of carboxylic acids is 1. The van der Waals surface area contributed by atoms with E-state index in [4.69, 9.17) is 5.11 Å². The van der Waals surface area contributed by atoms with E-state index in [1.54, 1.807) is 6.92 Å². The summed E-state index contributed by atoms with van der Waals surface area (Å²) >= 11 is 0. The summed E-state index contributed by atoms with van der Waals surface area (Å²) < 4.78 is 0. The van der Waals surface area contributed by atoms with E-state index in [0.717, 1.165) is 12.8 Å². The number of hydrogen-bond acceptors (Lipinski definition) is 2. The van der Waals surface area contributed by atoms with Crippen LogP contribution >= 0.6 is 0 Å². The fourth-order valence-electron chi connectivity index (χ4n) is 2.58. The van der Waals surface area contributed by atoms with Crippen molar-refractivity contribution in [2.75, 3.05) is 0 Å². The number of unbranched alkanes of at least 4 members (excludes halogenated alkanes) is 10. The molecule has 1 unspecified atom stereocenters. The van der Waals surface area contributed by atoms with Crippen LogP contribution in [0.4, 0.5) is 0 Å². The highest BCUT2D eigenvalue weighted by Crippen LogP contribution is 2.19. The molecule has 20 heavy (non-hydrogen) atoms. The first-order chi connectivity index (χ1) is 9.48. The van der Waals surface area contributed by atoms with Crippen molar-refractivity contribution < 1.29 is 15.0 Å². The fraction of sp³-hybridized carbons (Fsp3) is 0.941. The molecule has 0 aliphatic carbocycles. The van der Waals surface area contributed by atoms with Crippen molar-refractivity contribution in [3.05, 3.63) is 0 Å². The lowest BCUT2D eigenvalue weighted by Crippen LogP contribution is -2.27. The molecule has 0 rings (SSSR count). The normalized spacial score (nSPS) is 14.2. The largest absolute Gasteiger partial charge is 0.481 e. The standard InChI is InChI=1S/C17H34O3/c1-3-4-5-6-7-8-9-10-11-12-13-14-17(2,20)15-16(18)19/h20H,3-15H2,1-2H3,(H,18,19). The van der Waals surface area contributed by atoms with Gasteiger partial charge in [0, 0.05) is 0 Å². The molecule has 3 heteroatoms. The lowest BCUT2D eigenvalue weighted by molar-refractivity contribution is -0.142. The van der Waals surface area contributed by atoms with Gasteiger partial charge in [0.1, 0.15) is 0 Å². The molecule has 120 valence electrons. The molecule has 0 aliphatic rings. The van der Waals surface area contributed by atoms with Crippen LogP contribution in [0.1, 0.15) is 97.3 Å². The predicted octanol–water partition coefficient (Wildman–Crippen LogP) is 4.91. The first kappa shape index (κ1) is 19.4. The van der Waals surface area contributed by atoms with E-state index < -0.39 is 11.6 Å². The van der Waals surface area contributed by atoms with Crippen LogP contribution in [0, 0.1) is 0 Å². The van der Waals surface area contributed by atoms with Crippen LogP contribution in [-0.2, 0) is 4.79 Å². The predicted molar refractivity (Wildman–Crippen MR) is 84.0 cm³/mol. The maximum atomic E-state index is 10.6. The van der Waals surface area contributed by atoms with Gasteiger partial charge >= 0.3 is 5.97 Å². The van der Waals surface area contributed by atoms with Crippen molar-refractivity contribution >= 4 is 5.97 Å². The Hall–Kier alpha value is -0.570. The molecule has 0 amide bonds. The smallest absolute Gasteiger partial charge is 0.306 e. The maximum absolute atomic E-state index is 10.6. The molecule has 1 atom stereocenters. The molecular weight excluding hydrogens is 252 g/mol. The van der Waals surface area contributed by atoms with Gasteiger partial charge in [0.2, 0.25) is 0 Å². The third-order valence-electron chi connectivity index (χ3n) is 3.85. The Labute approximate surface area is 124 Å². The zero-order valence-corrected chi connectivity index (χ0v) is 13.5. The Morgan fingerprint density at radius 1 is 0.850 bits per heavy atom. The second-order valence-corrected chi connectivity index (χ2v) is 6.35. The van der Waals surface area contributed by atoms with Crippen LogP contribution in [0.2, 0.25) is 0 Å². The molecule has 2 N–H and O–H groups in total. The molecule has 0 aromatic carbocycles. The van der Waals surface area contributed by atoms with E-state index in [9.17, 15) is 9.90 Å². The highest BCUT2D eigenvalue weighted by atomic mass is 16.4. The van der Waals surface area contributed by atoms with Crippen LogP contribution in [0.15, 0.2) is 0 Å². The average Bonchev–Trinajstić information content (AvgIpc) is 2.34. The van der Waals surface area contributed by atoms with E-state index in [1.807, 2.05) is 0 Å². The SMILES string of the molecule is CCCCCCCCCCCCCC(C)(O)CC(=O)O. The highest BCUT2D eigenvalue weighted by Gasteiger charge is 2.23. The molecule has 0 aliphatic heterocycles. The van der Waals surface area contributed by atoms with Gasteiger partial charge in [0.25, 0.3) is 0 Å². The number of aliphatic carboxylic acids is 1. The van der Waals surface area contributed by atoms with Gasteiger partial charge < -0.3 is 10.2 Å². The molecule has 3 nitrogen and oxygen atoms in total. The van der Waals surface area contributed by atoms with Gasteiger partial charge in [-0.3, -0.25) is 4.79 Å². The summed E-state index contributed by atoms with van der Waals surface area (Å²) in [5, 5.41) is 18.5. The zero-order chi connectivity index (χ0) is 15.3.